The number of rotatable bonds is 9. The number of hydrogen-bond donors (Lipinski definition) is 3. The molecule has 0 aliphatic heterocycles. The molecule has 0 fully saturated rings. The predicted molar refractivity (Wildman–Crippen MR) is 105 cm³/mol. The quantitative estimate of drug-likeness (QED) is 0.604. The molecule has 1 rings (SSSR count). The Kier molecular flexibility index (Phi) is 11.5. The molecule has 0 spiro atoms. The third-order valence-corrected chi connectivity index (χ3v) is 4.49. The van der Waals surface area contributed by atoms with Crippen LogP contribution in [0, 0.1) is 11.7 Å². The van der Waals surface area contributed by atoms with E-state index in [0.29, 0.717) is 18.2 Å². The van der Waals surface area contributed by atoms with E-state index in [1.165, 1.54) is 36.0 Å². The summed E-state index contributed by atoms with van der Waals surface area (Å²) in [6.45, 7) is 6.31. The van der Waals surface area contributed by atoms with E-state index >= 15 is 0 Å². The van der Waals surface area contributed by atoms with Gasteiger partial charge in [0.1, 0.15) is 5.82 Å². The normalized spacial score (nSPS) is 12.9. The molecule has 25 heavy (non-hydrogen) atoms. The maximum absolute atomic E-state index is 12.8. The smallest absolute Gasteiger partial charge is 0.234 e. The van der Waals surface area contributed by atoms with Crippen molar-refractivity contribution in [2.45, 2.75) is 38.5 Å². The van der Waals surface area contributed by atoms with Gasteiger partial charge in [-0.2, -0.15) is 0 Å². The van der Waals surface area contributed by atoms with Gasteiger partial charge in [-0.3, -0.25) is 9.59 Å². The van der Waals surface area contributed by atoms with Crippen LogP contribution < -0.4 is 16.4 Å². The van der Waals surface area contributed by atoms with E-state index in [4.69, 9.17) is 5.73 Å². The van der Waals surface area contributed by atoms with Gasteiger partial charge in [0.15, 0.2) is 0 Å². The molecule has 0 aliphatic carbocycles. The zero-order valence-electron chi connectivity index (χ0n) is 14.8. The SMILES string of the molecule is CC(C)CC(CN)NC(=O)C(C)SCC(=O)Nc1ccc(F)cc1.Cl. The Morgan fingerprint density at radius 1 is 1.20 bits per heavy atom. The number of nitrogens with one attached hydrogen (secondary N) is 2. The summed E-state index contributed by atoms with van der Waals surface area (Å²) in [4.78, 5) is 24.0. The van der Waals surface area contributed by atoms with E-state index in [-0.39, 0.29) is 47.1 Å². The Balaban J connectivity index is 0.00000576. The maximum atomic E-state index is 12.8. The van der Waals surface area contributed by atoms with Gasteiger partial charge in [0.05, 0.1) is 11.0 Å². The van der Waals surface area contributed by atoms with E-state index in [2.05, 4.69) is 24.5 Å². The van der Waals surface area contributed by atoms with Crippen molar-refractivity contribution < 1.29 is 14.0 Å². The molecule has 0 aromatic heterocycles. The molecule has 5 nitrogen and oxygen atoms in total. The van der Waals surface area contributed by atoms with Crippen molar-refractivity contribution in [3.8, 4) is 0 Å². The van der Waals surface area contributed by atoms with E-state index in [9.17, 15) is 14.0 Å². The van der Waals surface area contributed by atoms with Gasteiger partial charge in [-0.15, -0.1) is 24.2 Å². The highest BCUT2D eigenvalue weighted by atomic mass is 35.5. The molecule has 2 atom stereocenters. The summed E-state index contributed by atoms with van der Waals surface area (Å²) < 4.78 is 12.8. The highest BCUT2D eigenvalue weighted by molar-refractivity contribution is 8.01. The van der Waals surface area contributed by atoms with Crippen LogP contribution >= 0.6 is 24.2 Å². The average Bonchev–Trinajstić information content (AvgIpc) is 2.53. The highest BCUT2D eigenvalue weighted by Gasteiger charge is 2.19. The van der Waals surface area contributed by atoms with Gasteiger partial charge < -0.3 is 16.4 Å². The summed E-state index contributed by atoms with van der Waals surface area (Å²) in [5.41, 5.74) is 6.20. The monoisotopic (exact) mass is 391 g/mol. The fourth-order valence-corrected chi connectivity index (χ4v) is 2.80. The second kappa shape index (κ2) is 12.1. The maximum Gasteiger partial charge on any atom is 0.234 e. The summed E-state index contributed by atoms with van der Waals surface area (Å²) >= 11 is 1.25. The van der Waals surface area contributed by atoms with Crippen molar-refractivity contribution in [3.63, 3.8) is 0 Å². The lowest BCUT2D eigenvalue weighted by atomic mass is 10.0. The van der Waals surface area contributed by atoms with E-state index in [1.54, 1.807) is 6.92 Å². The number of thioether (sulfide) groups is 1. The van der Waals surface area contributed by atoms with Crippen LogP contribution in [0.4, 0.5) is 10.1 Å². The minimum atomic E-state index is -0.358. The van der Waals surface area contributed by atoms with Gasteiger partial charge in [-0.05, 0) is 43.5 Å². The van der Waals surface area contributed by atoms with Crippen LogP contribution in [0.3, 0.4) is 0 Å². The minimum Gasteiger partial charge on any atom is -0.351 e. The Bertz CT molecular complexity index is 543. The second-order valence-corrected chi connectivity index (χ2v) is 7.41. The minimum absolute atomic E-state index is 0. The lowest BCUT2D eigenvalue weighted by molar-refractivity contribution is -0.121. The van der Waals surface area contributed by atoms with Crippen LogP contribution in [0.15, 0.2) is 24.3 Å². The van der Waals surface area contributed by atoms with Crippen LogP contribution in [-0.2, 0) is 9.59 Å². The molecule has 1 aromatic carbocycles. The van der Waals surface area contributed by atoms with Crippen molar-refractivity contribution in [1.82, 2.24) is 5.32 Å². The van der Waals surface area contributed by atoms with E-state index < -0.39 is 0 Å². The first-order chi connectivity index (χ1) is 11.3. The molecule has 2 unspecified atom stereocenters. The summed E-state index contributed by atoms with van der Waals surface area (Å²) in [6.07, 6.45) is 0.824. The van der Waals surface area contributed by atoms with Gasteiger partial charge in [0.25, 0.3) is 0 Å². The lowest BCUT2D eigenvalue weighted by Crippen LogP contribution is -2.44. The molecule has 0 saturated heterocycles. The molecule has 142 valence electrons. The number of hydrogen-bond acceptors (Lipinski definition) is 4. The Morgan fingerprint density at radius 3 is 2.32 bits per heavy atom. The molecular formula is C17H27ClFN3O2S. The molecule has 0 aliphatic rings. The van der Waals surface area contributed by atoms with Crippen molar-refractivity contribution >= 4 is 41.7 Å². The Labute approximate surface area is 159 Å². The summed E-state index contributed by atoms with van der Waals surface area (Å²) in [6, 6.07) is 5.49. The summed E-state index contributed by atoms with van der Waals surface area (Å²) in [7, 11) is 0. The first kappa shape index (κ1) is 23.7. The molecule has 1 aromatic rings. The first-order valence-electron chi connectivity index (χ1n) is 7.99. The average molecular weight is 392 g/mol. The van der Waals surface area contributed by atoms with Gasteiger partial charge in [0, 0.05) is 18.3 Å². The summed E-state index contributed by atoms with van der Waals surface area (Å²) in [5.74, 6) is -0.120. The molecular weight excluding hydrogens is 365 g/mol. The van der Waals surface area contributed by atoms with E-state index in [1.807, 2.05) is 0 Å². The Morgan fingerprint density at radius 2 is 1.80 bits per heavy atom. The molecule has 0 radical (unpaired) electrons. The number of anilines is 1. The number of carbonyl (C=O) groups is 2. The fraction of sp³-hybridized carbons (Fsp3) is 0.529. The third kappa shape index (κ3) is 9.67. The molecule has 4 N–H and O–H groups in total. The third-order valence-electron chi connectivity index (χ3n) is 3.35. The van der Waals surface area contributed by atoms with Gasteiger partial charge in [-0.25, -0.2) is 4.39 Å². The van der Waals surface area contributed by atoms with Crippen LogP contribution in [0.2, 0.25) is 0 Å². The standard InChI is InChI=1S/C17H26FN3O2S.ClH/c1-11(2)8-15(9-19)21-17(23)12(3)24-10-16(22)20-14-6-4-13(18)5-7-14;/h4-7,11-12,15H,8-10,19H2,1-3H3,(H,20,22)(H,21,23);1H. The zero-order chi connectivity index (χ0) is 18.1. The molecule has 0 saturated carbocycles. The van der Waals surface area contributed by atoms with Crippen molar-refractivity contribution in [3.05, 3.63) is 30.1 Å². The number of amides is 2. The van der Waals surface area contributed by atoms with Crippen LogP contribution in [0.5, 0.6) is 0 Å². The number of benzene rings is 1. The van der Waals surface area contributed by atoms with Crippen LogP contribution in [0.25, 0.3) is 0 Å². The van der Waals surface area contributed by atoms with Gasteiger partial charge in [-0.1, -0.05) is 13.8 Å². The van der Waals surface area contributed by atoms with Crippen molar-refractivity contribution in [2.75, 3.05) is 17.6 Å². The molecule has 0 heterocycles. The number of nitrogens with two attached hydrogens (primary N) is 1. The largest absolute Gasteiger partial charge is 0.351 e. The Hall–Kier alpha value is -1.31. The number of halogens is 2. The van der Waals surface area contributed by atoms with Crippen molar-refractivity contribution in [1.29, 1.82) is 0 Å². The van der Waals surface area contributed by atoms with Crippen molar-refractivity contribution in [2.24, 2.45) is 11.7 Å². The van der Waals surface area contributed by atoms with Crippen LogP contribution in [0.1, 0.15) is 27.2 Å². The van der Waals surface area contributed by atoms with Gasteiger partial charge >= 0.3 is 0 Å². The van der Waals surface area contributed by atoms with Gasteiger partial charge in [0.2, 0.25) is 11.8 Å². The number of carbonyl (C=O) groups excluding carboxylic acids is 2. The zero-order valence-corrected chi connectivity index (χ0v) is 16.4. The second-order valence-electron chi connectivity index (χ2n) is 6.08. The molecule has 0 bridgehead atoms. The predicted octanol–water partition coefficient (Wildman–Crippen LogP) is 2.80. The molecule has 2 amide bonds. The van der Waals surface area contributed by atoms with Crippen LogP contribution in [-0.4, -0.2) is 35.4 Å². The highest BCUT2D eigenvalue weighted by Crippen LogP contribution is 2.14. The van der Waals surface area contributed by atoms with E-state index in [0.717, 1.165) is 6.42 Å². The molecule has 8 heteroatoms. The lowest BCUT2D eigenvalue weighted by Gasteiger charge is -2.21. The first-order valence-corrected chi connectivity index (χ1v) is 9.04. The fourth-order valence-electron chi connectivity index (χ4n) is 2.11. The topological polar surface area (TPSA) is 84.2 Å². The summed E-state index contributed by atoms with van der Waals surface area (Å²) in [5, 5.41) is 5.23.